The molecule has 0 unspecified atom stereocenters. The Kier molecular flexibility index (Phi) is 3.42. The number of hydrogen-bond acceptors (Lipinski definition) is 5. The molecule has 0 saturated carbocycles. The van der Waals surface area contributed by atoms with E-state index in [9.17, 15) is 0 Å². The summed E-state index contributed by atoms with van der Waals surface area (Å²) in [5.74, 6) is 1.11. The molecule has 1 fully saturated rings. The van der Waals surface area contributed by atoms with Gasteiger partial charge in [-0.25, -0.2) is 9.97 Å². The van der Waals surface area contributed by atoms with E-state index in [4.69, 9.17) is 0 Å². The molecule has 1 aliphatic heterocycles. The quantitative estimate of drug-likeness (QED) is 0.851. The molecule has 1 saturated heterocycles. The van der Waals surface area contributed by atoms with E-state index in [-0.39, 0.29) is 0 Å². The second-order valence-electron chi connectivity index (χ2n) is 6.15. The van der Waals surface area contributed by atoms with E-state index in [1.807, 2.05) is 0 Å². The van der Waals surface area contributed by atoms with E-state index in [0.717, 1.165) is 23.7 Å². The van der Waals surface area contributed by atoms with Crippen LogP contribution in [-0.4, -0.2) is 47.6 Å². The first-order valence-electron chi connectivity index (χ1n) is 7.13. The molecule has 3 heterocycles. The number of hydrogen-bond donors (Lipinski definition) is 0. The number of nitrogens with zero attached hydrogens (tertiary/aromatic N) is 4. The summed E-state index contributed by atoms with van der Waals surface area (Å²) in [5, 5.41) is 1.21. The van der Waals surface area contributed by atoms with E-state index in [1.54, 1.807) is 17.7 Å². The van der Waals surface area contributed by atoms with Crippen LogP contribution in [0, 0.1) is 6.92 Å². The number of fused-ring (bicyclic) bond motifs is 1. The summed E-state index contributed by atoms with van der Waals surface area (Å²) in [5.41, 5.74) is 0.313. The van der Waals surface area contributed by atoms with Crippen molar-refractivity contribution >= 4 is 27.4 Å². The Morgan fingerprint density at radius 2 is 1.95 bits per heavy atom. The monoisotopic (exact) mass is 290 g/mol. The predicted molar refractivity (Wildman–Crippen MR) is 85.7 cm³/mol. The highest BCUT2D eigenvalue weighted by atomic mass is 32.1. The van der Waals surface area contributed by atoms with Gasteiger partial charge in [-0.3, -0.25) is 0 Å². The Morgan fingerprint density at radius 3 is 2.60 bits per heavy atom. The fourth-order valence-electron chi connectivity index (χ4n) is 2.86. The van der Waals surface area contributed by atoms with Crippen LogP contribution in [0.5, 0.6) is 0 Å². The summed E-state index contributed by atoms with van der Waals surface area (Å²) in [6.45, 7) is 6.62. The van der Waals surface area contributed by atoms with Gasteiger partial charge in [-0.15, -0.1) is 11.3 Å². The van der Waals surface area contributed by atoms with E-state index in [1.165, 1.54) is 23.1 Å². The summed E-state index contributed by atoms with van der Waals surface area (Å²) in [4.78, 5) is 16.1. The van der Waals surface area contributed by atoms with Crippen LogP contribution in [-0.2, 0) is 0 Å². The lowest BCUT2D eigenvalue weighted by atomic mass is 9.88. The Morgan fingerprint density at radius 1 is 1.25 bits per heavy atom. The van der Waals surface area contributed by atoms with Crippen LogP contribution in [0.1, 0.15) is 24.6 Å². The Hall–Kier alpha value is -1.20. The average molecular weight is 290 g/mol. The minimum atomic E-state index is 0.313. The molecule has 3 rings (SSSR count). The smallest absolute Gasteiger partial charge is 0.140 e. The molecule has 108 valence electrons. The van der Waals surface area contributed by atoms with E-state index >= 15 is 0 Å². The zero-order chi connectivity index (χ0) is 14.3. The van der Waals surface area contributed by atoms with Gasteiger partial charge in [-0.1, -0.05) is 0 Å². The standard InChI is InChI=1S/C15H22N4S/c1-11-9-12-13(16-10-17-14(12)20-11)19-7-5-15(2,6-8-19)18(3)4/h9-10H,5-8H2,1-4H3. The van der Waals surface area contributed by atoms with Gasteiger partial charge >= 0.3 is 0 Å². The molecular formula is C15H22N4S. The highest BCUT2D eigenvalue weighted by molar-refractivity contribution is 7.18. The summed E-state index contributed by atoms with van der Waals surface area (Å²) >= 11 is 1.75. The molecule has 2 aromatic heterocycles. The maximum Gasteiger partial charge on any atom is 0.140 e. The fourth-order valence-corrected chi connectivity index (χ4v) is 3.70. The molecule has 20 heavy (non-hydrogen) atoms. The number of rotatable bonds is 2. The van der Waals surface area contributed by atoms with Crippen LogP contribution in [0.25, 0.3) is 10.2 Å². The van der Waals surface area contributed by atoms with Crippen molar-refractivity contribution in [3.8, 4) is 0 Å². The Bertz CT molecular complexity index is 611. The maximum absolute atomic E-state index is 4.54. The third-order valence-electron chi connectivity index (χ3n) is 4.65. The molecule has 2 aromatic rings. The van der Waals surface area contributed by atoms with Crippen molar-refractivity contribution in [1.29, 1.82) is 0 Å². The van der Waals surface area contributed by atoms with Crippen LogP contribution >= 0.6 is 11.3 Å². The first kappa shape index (κ1) is 13.8. The van der Waals surface area contributed by atoms with Crippen molar-refractivity contribution in [1.82, 2.24) is 14.9 Å². The van der Waals surface area contributed by atoms with Gasteiger partial charge in [-0.05, 0) is 46.9 Å². The molecule has 0 radical (unpaired) electrons. The summed E-state index contributed by atoms with van der Waals surface area (Å²) < 4.78 is 0. The van der Waals surface area contributed by atoms with Crippen molar-refractivity contribution in [2.45, 2.75) is 32.2 Å². The van der Waals surface area contributed by atoms with Gasteiger partial charge in [0, 0.05) is 23.5 Å². The lowest BCUT2D eigenvalue weighted by molar-refractivity contribution is 0.137. The molecule has 0 N–H and O–H groups in total. The molecule has 1 aliphatic rings. The van der Waals surface area contributed by atoms with E-state index < -0.39 is 0 Å². The van der Waals surface area contributed by atoms with Crippen LogP contribution < -0.4 is 4.90 Å². The van der Waals surface area contributed by atoms with Gasteiger partial charge in [0.15, 0.2) is 0 Å². The third-order valence-corrected chi connectivity index (χ3v) is 5.61. The molecule has 0 spiro atoms. The third kappa shape index (κ3) is 2.29. The van der Waals surface area contributed by atoms with Crippen LogP contribution in [0.2, 0.25) is 0 Å². The largest absolute Gasteiger partial charge is 0.356 e. The van der Waals surface area contributed by atoms with Gasteiger partial charge in [0.05, 0.1) is 5.39 Å². The minimum absolute atomic E-state index is 0.313. The molecule has 0 aliphatic carbocycles. The van der Waals surface area contributed by atoms with Gasteiger partial charge in [-0.2, -0.15) is 0 Å². The van der Waals surface area contributed by atoms with E-state index in [0.29, 0.717) is 5.54 Å². The highest BCUT2D eigenvalue weighted by Crippen LogP contribution is 2.33. The number of aromatic nitrogens is 2. The average Bonchev–Trinajstić information content (AvgIpc) is 2.79. The van der Waals surface area contributed by atoms with Crippen molar-refractivity contribution in [2.24, 2.45) is 0 Å². The first-order valence-corrected chi connectivity index (χ1v) is 7.95. The zero-order valence-corrected chi connectivity index (χ0v) is 13.5. The van der Waals surface area contributed by atoms with Crippen LogP contribution in [0.4, 0.5) is 5.82 Å². The Balaban J connectivity index is 1.87. The predicted octanol–water partition coefficient (Wildman–Crippen LogP) is 2.92. The normalized spacial score (nSPS) is 18.9. The SMILES string of the molecule is Cc1cc2c(N3CCC(C)(N(C)C)CC3)ncnc2s1. The molecular weight excluding hydrogens is 268 g/mol. The number of aryl methyl sites for hydroxylation is 1. The zero-order valence-electron chi connectivity index (χ0n) is 12.7. The van der Waals surface area contributed by atoms with E-state index in [2.05, 4.69) is 53.8 Å². The second-order valence-corrected chi connectivity index (χ2v) is 7.39. The van der Waals surface area contributed by atoms with Gasteiger partial charge < -0.3 is 9.80 Å². The van der Waals surface area contributed by atoms with Crippen molar-refractivity contribution in [2.75, 3.05) is 32.1 Å². The van der Waals surface area contributed by atoms with Crippen LogP contribution in [0.15, 0.2) is 12.4 Å². The molecule has 4 nitrogen and oxygen atoms in total. The van der Waals surface area contributed by atoms with Gasteiger partial charge in [0.25, 0.3) is 0 Å². The summed E-state index contributed by atoms with van der Waals surface area (Å²) in [7, 11) is 4.36. The van der Waals surface area contributed by atoms with Crippen LogP contribution in [0.3, 0.4) is 0 Å². The summed E-state index contributed by atoms with van der Waals surface area (Å²) in [6, 6.07) is 2.22. The molecule has 5 heteroatoms. The van der Waals surface area contributed by atoms with Gasteiger partial charge in [0.2, 0.25) is 0 Å². The number of piperidine rings is 1. The molecule has 0 amide bonds. The second kappa shape index (κ2) is 4.97. The lowest BCUT2D eigenvalue weighted by Crippen LogP contribution is -2.50. The molecule has 0 atom stereocenters. The minimum Gasteiger partial charge on any atom is -0.356 e. The maximum atomic E-state index is 4.54. The molecule has 0 bridgehead atoms. The first-order chi connectivity index (χ1) is 9.49. The number of anilines is 1. The highest BCUT2D eigenvalue weighted by Gasteiger charge is 2.32. The number of thiophene rings is 1. The topological polar surface area (TPSA) is 32.3 Å². The van der Waals surface area contributed by atoms with Gasteiger partial charge in [0.1, 0.15) is 17.0 Å². The van der Waals surface area contributed by atoms with Crippen molar-refractivity contribution in [3.63, 3.8) is 0 Å². The molecule has 0 aromatic carbocycles. The lowest BCUT2D eigenvalue weighted by Gasteiger charge is -2.44. The fraction of sp³-hybridized carbons (Fsp3) is 0.600. The van der Waals surface area contributed by atoms with Crippen molar-refractivity contribution < 1.29 is 0 Å². The Labute approximate surface area is 124 Å². The van der Waals surface area contributed by atoms with Crippen molar-refractivity contribution in [3.05, 3.63) is 17.3 Å². The summed E-state index contributed by atoms with van der Waals surface area (Å²) in [6.07, 6.45) is 4.05.